The number of rotatable bonds is 31. The average molecular weight is 1210 g/mol. The number of esters is 1. The lowest BCUT2D eigenvalue weighted by atomic mass is 9.80. The number of likely N-dealkylation sites (tertiary alicyclic amines) is 1. The summed E-state index contributed by atoms with van der Waals surface area (Å²) in [6.07, 6.45) is 3.74. The summed E-state index contributed by atoms with van der Waals surface area (Å²) in [5.74, 6) is 0.678. The van der Waals surface area contributed by atoms with Gasteiger partial charge in [0.25, 0.3) is 11.5 Å². The Bertz CT molecular complexity index is 3300. The third kappa shape index (κ3) is 18.0. The van der Waals surface area contributed by atoms with Gasteiger partial charge < -0.3 is 39.4 Å². The summed E-state index contributed by atoms with van der Waals surface area (Å²) in [7, 11) is 8.03. The van der Waals surface area contributed by atoms with Crippen LogP contribution in [-0.2, 0) is 50.4 Å². The predicted molar refractivity (Wildman–Crippen MR) is 331 cm³/mol. The van der Waals surface area contributed by atoms with Crippen LogP contribution in [0.2, 0.25) is 0 Å². The minimum absolute atomic E-state index is 0.00889. The van der Waals surface area contributed by atoms with Crippen molar-refractivity contribution in [3.8, 4) is 11.5 Å². The van der Waals surface area contributed by atoms with Crippen LogP contribution in [0.4, 0.5) is 11.6 Å². The molecule has 2 aromatic heterocycles. The largest absolute Gasteiger partial charge is 0.497 e. The predicted octanol–water partition coefficient (Wildman–Crippen LogP) is 8.33. The van der Waals surface area contributed by atoms with E-state index in [1.807, 2.05) is 85.8 Å². The molecule has 3 heterocycles. The Hall–Kier alpha value is -8.15. The van der Waals surface area contributed by atoms with E-state index in [0.29, 0.717) is 72.7 Å². The molecule has 456 valence electrons. The molecule has 0 radical (unpaired) electrons. The SMILES string of the molecule is CNC(=O)CCC(=O)O[C@@H]1C[C@@H](COC(c2ccccc2)(c2ccc(OC)cc2)c2ccc(OC)cc2)N(C(=O)CCCSSCCCC(=O)CC[C@@H](C)NC(=O)c2ccc(N(Cc3cnc4nc(NC(=O)C(C)C)[nH]c(=O)c4n3)C(C)=O)cc2)C1. The standard InChI is InChI=1S/C63H75N9O12S2/c1-40(2)59(78)69-62-68-58-57(61(80)70-62)67-47(36-65-58)37-71(42(4)73)48-24-18-43(19-25-48)60(79)66-41(3)17-26-50(74)15-11-33-85-86-34-12-16-55(76)72-38-53(84-56(77)32-31-54(75)64-5)35-49(72)39-83-63(44-13-9-8-10-14-44,45-20-27-51(81-6)28-21-45)46-22-29-52(82-7)30-23-46/h8-10,13-14,18-25,27-30,36,40-41,49,53H,11-12,15-17,26,31-35,37-39H2,1-7H3,(H,64,75)(H,66,79)(H2,65,68,69,70,78,80)/t41-,49+,53-/m1/s1. The van der Waals surface area contributed by atoms with Crippen molar-refractivity contribution in [2.24, 2.45) is 5.92 Å². The Balaban J connectivity index is 0.859. The lowest BCUT2D eigenvalue weighted by Gasteiger charge is -2.38. The molecule has 1 aliphatic heterocycles. The summed E-state index contributed by atoms with van der Waals surface area (Å²) in [5, 5.41) is 8.02. The molecule has 0 bridgehead atoms. The number of amides is 5. The highest BCUT2D eigenvalue weighted by Crippen LogP contribution is 2.43. The maximum Gasteiger partial charge on any atom is 0.306 e. The van der Waals surface area contributed by atoms with Gasteiger partial charge in [-0.1, -0.05) is 90.0 Å². The fraction of sp³-hybridized carbons (Fsp3) is 0.413. The number of methoxy groups -OCH3 is 2. The monoisotopic (exact) mass is 1210 g/mol. The molecule has 1 fully saturated rings. The summed E-state index contributed by atoms with van der Waals surface area (Å²) in [4.78, 5) is 121. The summed E-state index contributed by atoms with van der Waals surface area (Å²) in [5.41, 5.74) is 1.93. The zero-order valence-corrected chi connectivity index (χ0v) is 51.2. The second-order valence-corrected chi connectivity index (χ2v) is 23.8. The van der Waals surface area contributed by atoms with Crippen LogP contribution in [-0.4, -0.2) is 130 Å². The fourth-order valence-electron chi connectivity index (χ4n) is 9.75. The van der Waals surface area contributed by atoms with Crippen molar-refractivity contribution in [3.05, 3.63) is 148 Å². The number of aromatic amines is 1. The number of carbonyl (C=O) groups excluding carboxylic acids is 7. The number of fused-ring (bicyclic) bond motifs is 1. The highest BCUT2D eigenvalue weighted by Gasteiger charge is 2.43. The number of Topliss-reactive ketones (excluding diaryl/α,β-unsaturated/α-hetero) is 1. The first-order valence-electron chi connectivity index (χ1n) is 28.6. The third-order valence-electron chi connectivity index (χ3n) is 14.5. The molecule has 0 unspecified atom stereocenters. The van der Waals surface area contributed by atoms with E-state index in [2.05, 4.69) is 35.9 Å². The quantitative estimate of drug-likeness (QED) is 0.0138. The Morgan fingerprint density at radius 1 is 0.779 bits per heavy atom. The van der Waals surface area contributed by atoms with Crippen molar-refractivity contribution in [1.82, 2.24) is 35.5 Å². The molecule has 1 aliphatic rings. The number of nitrogens with zero attached hydrogens (tertiary/aromatic N) is 5. The van der Waals surface area contributed by atoms with Gasteiger partial charge in [0.15, 0.2) is 11.2 Å². The summed E-state index contributed by atoms with van der Waals surface area (Å²) in [6.45, 7) is 6.90. The van der Waals surface area contributed by atoms with Gasteiger partial charge in [0.1, 0.15) is 29.0 Å². The minimum Gasteiger partial charge on any atom is -0.497 e. The number of H-pyrrole nitrogens is 1. The molecule has 21 nitrogen and oxygen atoms in total. The summed E-state index contributed by atoms with van der Waals surface area (Å²) in [6, 6.07) is 31.0. The second kappa shape index (κ2) is 31.8. The van der Waals surface area contributed by atoms with Gasteiger partial charge in [0.2, 0.25) is 29.6 Å². The first-order chi connectivity index (χ1) is 41.4. The maximum absolute atomic E-state index is 14.2. The lowest BCUT2D eigenvalue weighted by molar-refractivity contribution is -0.150. The van der Waals surface area contributed by atoms with Gasteiger partial charge in [-0.3, -0.25) is 48.7 Å². The van der Waals surface area contributed by atoms with E-state index in [0.717, 1.165) is 22.4 Å². The molecule has 4 aromatic carbocycles. The molecular formula is C63H75N9O12S2. The molecule has 86 heavy (non-hydrogen) atoms. The zero-order valence-electron chi connectivity index (χ0n) is 49.6. The van der Waals surface area contributed by atoms with Gasteiger partial charge in [0, 0.05) is 80.8 Å². The highest BCUT2D eigenvalue weighted by atomic mass is 33.1. The lowest BCUT2D eigenvalue weighted by Crippen LogP contribution is -2.42. The van der Waals surface area contributed by atoms with Crippen molar-refractivity contribution in [1.29, 1.82) is 0 Å². The Morgan fingerprint density at radius 2 is 1.41 bits per heavy atom. The number of benzene rings is 4. The van der Waals surface area contributed by atoms with Crippen LogP contribution in [0.25, 0.3) is 11.2 Å². The van der Waals surface area contributed by atoms with Crippen LogP contribution in [0.3, 0.4) is 0 Å². The van der Waals surface area contributed by atoms with Crippen molar-refractivity contribution >= 4 is 85.7 Å². The number of ketones is 1. The first-order valence-corrected chi connectivity index (χ1v) is 31.1. The smallest absolute Gasteiger partial charge is 0.306 e. The molecular weight excluding hydrogens is 1140 g/mol. The van der Waals surface area contributed by atoms with E-state index in [9.17, 15) is 38.4 Å². The van der Waals surface area contributed by atoms with Crippen LogP contribution in [0.1, 0.15) is 118 Å². The topological polar surface area (TPSA) is 271 Å². The van der Waals surface area contributed by atoms with E-state index < -0.39 is 29.3 Å². The Labute approximate surface area is 508 Å². The third-order valence-corrected chi connectivity index (χ3v) is 17.1. The maximum atomic E-state index is 14.2. The van der Waals surface area contributed by atoms with Crippen molar-refractivity contribution < 1.29 is 52.5 Å². The molecule has 0 spiro atoms. The first kappa shape index (κ1) is 65.4. The van der Waals surface area contributed by atoms with Crippen molar-refractivity contribution in [2.75, 3.05) is 56.1 Å². The van der Waals surface area contributed by atoms with Crippen LogP contribution >= 0.6 is 21.6 Å². The van der Waals surface area contributed by atoms with Gasteiger partial charge in [-0.05, 0) is 91.4 Å². The van der Waals surface area contributed by atoms with Gasteiger partial charge in [-0.15, -0.1) is 0 Å². The minimum atomic E-state index is -1.14. The molecule has 23 heteroatoms. The number of hydrogen-bond donors (Lipinski definition) is 4. The van der Waals surface area contributed by atoms with Gasteiger partial charge in [0.05, 0.1) is 58.3 Å². The number of anilines is 2. The van der Waals surface area contributed by atoms with Crippen LogP contribution in [0, 0.1) is 5.92 Å². The van der Waals surface area contributed by atoms with Gasteiger partial charge >= 0.3 is 5.97 Å². The van der Waals surface area contributed by atoms with E-state index in [-0.39, 0.29) is 103 Å². The molecule has 0 aliphatic carbocycles. The molecule has 7 rings (SSSR count). The molecule has 6 aromatic rings. The zero-order chi connectivity index (χ0) is 61.8. The van der Waals surface area contributed by atoms with E-state index >= 15 is 0 Å². The molecule has 4 N–H and O–H groups in total. The Morgan fingerprint density at radius 3 is 2.01 bits per heavy atom. The van der Waals surface area contributed by atoms with Crippen LogP contribution in [0.5, 0.6) is 11.5 Å². The number of carbonyl (C=O) groups is 7. The van der Waals surface area contributed by atoms with E-state index in [1.54, 1.807) is 78.8 Å². The number of hydrogen-bond acceptors (Lipinski definition) is 17. The highest BCUT2D eigenvalue weighted by molar-refractivity contribution is 8.76. The fourth-order valence-corrected chi connectivity index (χ4v) is 11.9. The Kier molecular flexibility index (Phi) is 24.2. The average Bonchev–Trinajstić information content (AvgIpc) is 1.01. The molecule has 0 saturated carbocycles. The molecule has 5 amide bonds. The molecule has 3 atom stereocenters. The van der Waals surface area contributed by atoms with Crippen molar-refractivity contribution in [3.63, 3.8) is 0 Å². The number of ether oxygens (including phenoxy) is 4. The summed E-state index contributed by atoms with van der Waals surface area (Å²) < 4.78 is 24.1. The van der Waals surface area contributed by atoms with Gasteiger partial charge in [-0.25, -0.2) is 9.97 Å². The van der Waals surface area contributed by atoms with Gasteiger partial charge in [-0.2, -0.15) is 4.98 Å². The number of nitrogens with one attached hydrogen (secondary N) is 4. The van der Waals surface area contributed by atoms with Crippen LogP contribution in [0.15, 0.2) is 114 Å². The summed E-state index contributed by atoms with van der Waals surface area (Å²) >= 11 is 0. The van der Waals surface area contributed by atoms with Crippen molar-refractivity contribution in [2.45, 2.75) is 116 Å². The second-order valence-electron chi connectivity index (χ2n) is 21.1. The normalized spacial score (nSPS) is 14.3. The van der Waals surface area contributed by atoms with E-state index in [4.69, 9.17) is 18.9 Å². The number of aromatic nitrogens is 4. The van der Waals surface area contributed by atoms with Crippen LogP contribution < -0.4 is 35.9 Å². The van der Waals surface area contributed by atoms with E-state index in [1.165, 1.54) is 25.1 Å². The molecule has 1 saturated heterocycles.